The first-order valence-electron chi connectivity index (χ1n) is 9.46. The van der Waals surface area contributed by atoms with Crippen molar-refractivity contribution in [2.24, 2.45) is 5.92 Å². The van der Waals surface area contributed by atoms with Crippen molar-refractivity contribution < 1.29 is 19.1 Å². The minimum Gasteiger partial charge on any atom is -0.444 e. The maximum absolute atomic E-state index is 12.7. The summed E-state index contributed by atoms with van der Waals surface area (Å²) >= 11 is 0. The van der Waals surface area contributed by atoms with Gasteiger partial charge in [0, 0.05) is 33.1 Å². The van der Waals surface area contributed by atoms with E-state index in [9.17, 15) is 14.4 Å². The Morgan fingerprint density at radius 1 is 1.00 bits per heavy atom. The van der Waals surface area contributed by atoms with E-state index in [0.717, 1.165) is 25.7 Å². The van der Waals surface area contributed by atoms with Crippen molar-refractivity contribution >= 4 is 17.9 Å². The molecule has 8 heteroatoms. The first-order valence-corrected chi connectivity index (χ1v) is 9.46. The minimum absolute atomic E-state index is 0.169. The normalized spacial score (nSPS) is 20.5. The zero-order chi connectivity index (χ0) is 19.3. The van der Waals surface area contributed by atoms with Gasteiger partial charge in [0.05, 0.1) is 6.04 Å². The molecular formula is C18H32N4O4. The Bertz CT molecular complexity index is 518. The predicted octanol–water partition coefficient (Wildman–Crippen LogP) is 1.27. The highest BCUT2D eigenvalue weighted by molar-refractivity contribution is 5.85. The Hall–Kier alpha value is -1.83. The predicted molar refractivity (Wildman–Crippen MR) is 97.1 cm³/mol. The number of rotatable bonds is 3. The Balaban J connectivity index is 1.96. The van der Waals surface area contributed by atoms with E-state index in [4.69, 9.17) is 4.74 Å². The van der Waals surface area contributed by atoms with Crippen LogP contribution in [0, 0.1) is 5.92 Å². The Morgan fingerprint density at radius 3 is 2.08 bits per heavy atom. The van der Waals surface area contributed by atoms with Gasteiger partial charge >= 0.3 is 6.09 Å². The Kier molecular flexibility index (Phi) is 6.86. The van der Waals surface area contributed by atoms with Gasteiger partial charge in [0.15, 0.2) is 0 Å². The number of hydrogen-bond acceptors (Lipinski definition) is 5. The standard InChI is InChI=1S/C18H32N4O4/c1-13(23)19-20-16(24)15(14-7-5-6-8-14)21-9-11-22(12-10-21)17(25)26-18(2,3)4/h14-15H,5-12H2,1-4H3,(H,19,23)(H,20,24). The summed E-state index contributed by atoms with van der Waals surface area (Å²) in [5.41, 5.74) is 4.41. The molecule has 0 bridgehead atoms. The maximum Gasteiger partial charge on any atom is 0.410 e. The van der Waals surface area contributed by atoms with Gasteiger partial charge in [0.1, 0.15) is 5.60 Å². The van der Waals surface area contributed by atoms with Gasteiger partial charge in [-0.25, -0.2) is 4.79 Å². The average Bonchev–Trinajstić information content (AvgIpc) is 3.06. The highest BCUT2D eigenvalue weighted by Gasteiger charge is 2.38. The largest absolute Gasteiger partial charge is 0.444 e. The number of ether oxygens (including phenoxy) is 1. The second-order valence-corrected chi connectivity index (χ2v) is 8.16. The molecule has 1 atom stereocenters. The molecule has 2 fully saturated rings. The maximum atomic E-state index is 12.7. The van der Waals surface area contributed by atoms with E-state index < -0.39 is 5.60 Å². The fourth-order valence-corrected chi connectivity index (χ4v) is 3.68. The van der Waals surface area contributed by atoms with E-state index in [1.165, 1.54) is 6.92 Å². The summed E-state index contributed by atoms with van der Waals surface area (Å²) < 4.78 is 5.43. The van der Waals surface area contributed by atoms with Crippen LogP contribution in [0.2, 0.25) is 0 Å². The van der Waals surface area contributed by atoms with Crippen LogP contribution in [-0.4, -0.2) is 65.5 Å². The number of carbonyl (C=O) groups is 3. The van der Waals surface area contributed by atoms with Gasteiger partial charge in [-0.1, -0.05) is 12.8 Å². The van der Waals surface area contributed by atoms with Crippen LogP contribution in [0.25, 0.3) is 0 Å². The molecule has 1 saturated carbocycles. The van der Waals surface area contributed by atoms with Crippen LogP contribution in [0.3, 0.4) is 0 Å². The second kappa shape index (κ2) is 8.70. The number of hydrogen-bond donors (Lipinski definition) is 2. The molecule has 0 spiro atoms. The molecule has 0 aromatic heterocycles. The molecular weight excluding hydrogens is 336 g/mol. The minimum atomic E-state index is -0.515. The fourth-order valence-electron chi connectivity index (χ4n) is 3.68. The lowest BCUT2D eigenvalue weighted by Gasteiger charge is -2.40. The van der Waals surface area contributed by atoms with Crippen LogP contribution in [0.1, 0.15) is 53.4 Å². The van der Waals surface area contributed by atoms with Crippen molar-refractivity contribution in [2.75, 3.05) is 26.2 Å². The van der Waals surface area contributed by atoms with Gasteiger partial charge in [-0.2, -0.15) is 0 Å². The van der Waals surface area contributed by atoms with Crippen molar-refractivity contribution in [3.8, 4) is 0 Å². The summed E-state index contributed by atoms with van der Waals surface area (Å²) in [4.78, 5) is 39.8. The summed E-state index contributed by atoms with van der Waals surface area (Å²) in [6.45, 7) is 9.22. The third kappa shape index (κ3) is 5.86. The highest BCUT2D eigenvalue weighted by Crippen LogP contribution is 2.31. The summed E-state index contributed by atoms with van der Waals surface area (Å²) in [7, 11) is 0. The van der Waals surface area contributed by atoms with Crippen molar-refractivity contribution in [1.82, 2.24) is 20.7 Å². The lowest BCUT2D eigenvalue weighted by atomic mass is 9.95. The monoisotopic (exact) mass is 368 g/mol. The molecule has 2 aliphatic rings. The van der Waals surface area contributed by atoms with Gasteiger partial charge in [-0.15, -0.1) is 0 Å². The van der Waals surface area contributed by atoms with Crippen LogP contribution in [-0.2, 0) is 14.3 Å². The van der Waals surface area contributed by atoms with E-state index in [1.54, 1.807) is 4.90 Å². The smallest absolute Gasteiger partial charge is 0.410 e. The SMILES string of the molecule is CC(=O)NNC(=O)C(C1CCCC1)N1CCN(C(=O)OC(C)(C)C)CC1. The molecule has 3 amide bonds. The van der Waals surface area contributed by atoms with Crippen LogP contribution in [0.5, 0.6) is 0 Å². The molecule has 8 nitrogen and oxygen atoms in total. The molecule has 1 heterocycles. The number of nitrogens with one attached hydrogen (secondary N) is 2. The Morgan fingerprint density at radius 2 is 1.58 bits per heavy atom. The number of hydrazine groups is 1. The molecule has 1 aliphatic carbocycles. The van der Waals surface area contributed by atoms with Gasteiger partial charge in [-0.05, 0) is 39.5 Å². The van der Waals surface area contributed by atoms with Crippen molar-refractivity contribution in [3.05, 3.63) is 0 Å². The topological polar surface area (TPSA) is 91.0 Å². The number of piperazine rings is 1. The zero-order valence-corrected chi connectivity index (χ0v) is 16.3. The third-order valence-corrected chi connectivity index (χ3v) is 4.84. The first kappa shape index (κ1) is 20.5. The number of nitrogens with zero attached hydrogens (tertiary/aromatic N) is 2. The summed E-state index contributed by atoms with van der Waals surface area (Å²) in [6, 6.07) is -0.273. The van der Waals surface area contributed by atoms with Gasteiger partial charge in [0.2, 0.25) is 5.91 Å². The number of carbonyl (C=O) groups excluding carboxylic acids is 3. The molecule has 2 N–H and O–H groups in total. The van der Waals surface area contributed by atoms with E-state index >= 15 is 0 Å². The van der Waals surface area contributed by atoms with E-state index in [0.29, 0.717) is 26.2 Å². The molecule has 0 radical (unpaired) electrons. The zero-order valence-electron chi connectivity index (χ0n) is 16.3. The summed E-state index contributed by atoms with van der Waals surface area (Å²) in [5, 5.41) is 0. The fraction of sp³-hybridized carbons (Fsp3) is 0.833. The third-order valence-electron chi connectivity index (χ3n) is 4.84. The molecule has 148 valence electrons. The molecule has 1 unspecified atom stereocenters. The molecule has 1 saturated heterocycles. The van der Waals surface area contributed by atoms with Gasteiger partial charge < -0.3 is 9.64 Å². The van der Waals surface area contributed by atoms with E-state index in [-0.39, 0.29) is 29.9 Å². The van der Waals surface area contributed by atoms with Crippen molar-refractivity contribution in [1.29, 1.82) is 0 Å². The van der Waals surface area contributed by atoms with Gasteiger partial charge in [0.25, 0.3) is 5.91 Å². The van der Waals surface area contributed by atoms with Crippen molar-refractivity contribution in [2.45, 2.75) is 65.0 Å². The quantitative estimate of drug-likeness (QED) is 0.732. The lowest BCUT2D eigenvalue weighted by molar-refractivity contribution is -0.133. The summed E-state index contributed by atoms with van der Waals surface area (Å²) in [6.07, 6.45) is 3.99. The van der Waals surface area contributed by atoms with Crippen LogP contribution < -0.4 is 10.9 Å². The lowest BCUT2D eigenvalue weighted by Crippen LogP contribution is -2.60. The summed E-state index contributed by atoms with van der Waals surface area (Å²) in [5.74, 6) is -0.173. The molecule has 2 rings (SSSR count). The first-order chi connectivity index (χ1) is 12.2. The van der Waals surface area contributed by atoms with E-state index in [1.807, 2.05) is 20.8 Å². The van der Waals surface area contributed by atoms with Crippen molar-refractivity contribution in [3.63, 3.8) is 0 Å². The molecule has 1 aliphatic heterocycles. The molecule has 0 aromatic rings. The second-order valence-electron chi connectivity index (χ2n) is 8.16. The Labute approximate surface area is 155 Å². The number of amides is 3. The average molecular weight is 368 g/mol. The molecule has 0 aromatic carbocycles. The van der Waals surface area contributed by atoms with Crippen LogP contribution in [0.15, 0.2) is 0 Å². The van der Waals surface area contributed by atoms with E-state index in [2.05, 4.69) is 15.8 Å². The van der Waals surface area contributed by atoms with Crippen LogP contribution >= 0.6 is 0 Å². The molecule has 26 heavy (non-hydrogen) atoms. The van der Waals surface area contributed by atoms with Crippen LogP contribution in [0.4, 0.5) is 4.79 Å². The van der Waals surface area contributed by atoms with Gasteiger partial charge in [-0.3, -0.25) is 25.3 Å². The highest BCUT2D eigenvalue weighted by atomic mass is 16.6.